The third-order valence-corrected chi connectivity index (χ3v) is 6.23. The molecule has 6 heteroatoms. The molecule has 25 heavy (non-hydrogen) atoms. The van der Waals surface area contributed by atoms with Gasteiger partial charge in [0, 0.05) is 13.1 Å². The van der Waals surface area contributed by atoms with Gasteiger partial charge in [-0.25, -0.2) is 0 Å². The molecule has 2 aromatic carbocycles. The van der Waals surface area contributed by atoms with Crippen molar-refractivity contribution in [2.45, 2.75) is 31.3 Å². The zero-order valence-electron chi connectivity index (χ0n) is 14.2. The van der Waals surface area contributed by atoms with Crippen LogP contribution in [0.5, 0.6) is 0 Å². The van der Waals surface area contributed by atoms with Crippen molar-refractivity contribution >= 4 is 10.2 Å². The summed E-state index contributed by atoms with van der Waals surface area (Å²) in [5.74, 6) is 0. The van der Waals surface area contributed by atoms with Gasteiger partial charge in [0.15, 0.2) is 0 Å². The van der Waals surface area contributed by atoms with E-state index in [2.05, 4.69) is 4.72 Å². The highest BCUT2D eigenvalue weighted by molar-refractivity contribution is 7.87. The predicted octanol–water partition coefficient (Wildman–Crippen LogP) is 2.75. The molecular weight excluding hydrogens is 334 g/mol. The van der Waals surface area contributed by atoms with Crippen LogP contribution in [0.3, 0.4) is 0 Å². The Morgan fingerprint density at radius 3 is 1.92 bits per heavy atom. The van der Waals surface area contributed by atoms with Gasteiger partial charge < -0.3 is 5.73 Å². The average molecular weight is 359 g/mol. The highest BCUT2D eigenvalue weighted by Gasteiger charge is 2.30. The SMILES string of the molecule is N[C@H](c1ccccc1)[C@@H](NS(=O)(=O)N1CCCCC1)c1ccccc1. The fourth-order valence-corrected chi connectivity index (χ4v) is 4.71. The summed E-state index contributed by atoms with van der Waals surface area (Å²) >= 11 is 0. The first kappa shape index (κ1) is 18.1. The van der Waals surface area contributed by atoms with Crippen molar-refractivity contribution in [1.29, 1.82) is 0 Å². The van der Waals surface area contributed by atoms with Crippen molar-refractivity contribution in [3.63, 3.8) is 0 Å². The summed E-state index contributed by atoms with van der Waals surface area (Å²) in [4.78, 5) is 0. The summed E-state index contributed by atoms with van der Waals surface area (Å²) in [6.07, 6.45) is 2.89. The Kier molecular flexibility index (Phi) is 5.86. The second-order valence-corrected chi connectivity index (χ2v) is 8.11. The molecule has 0 unspecified atom stereocenters. The summed E-state index contributed by atoms with van der Waals surface area (Å²) < 4.78 is 30.1. The Hall–Kier alpha value is -1.73. The molecule has 1 aliphatic rings. The fraction of sp³-hybridized carbons (Fsp3) is 0.368. The number of hydrogen-bond acceptors (Lipinski definition) is 3. The molecule has 1 heterocycles. The van der Waals surface area contributed by atoms with E-state index in [1.54, 1.807) is 0 Å². The van der Waals surface area contributed by atoms with Crippen LogP contribution in [0.1, 0.15) is 42.5 Å². The van der Waals surface area contributed by atoms with E-state index in [1.807, 2.05) is 60.7 Å². The maximum atomic E-state index is 12.9. The van der Waals surface area contributed by atoms with Crippen molar-refractivity contribution in [3.8, 4) is 0 Å². The number of piperidine rings is 1. The molecule has 0 bridgehead atoms. The van der Waals surface area contributed by atoms with Crippen molar-refractivity contribution in [2.24, 2.45) is 5.73 Å². The third kappa shape index (κ3) is 4.46. The van der Waals surface area contributed by atoms with E-state index in [4.69, 9.17) is 5.73 Å². The van der Waals surface area contributed by atoms with Crippen LogP contribution in [0, 0.1) is 0 Å². The Bertz CT molecular complexity index is 760. The first-order chi connectivity index (χ1) is 12.1. The molecule has 1 fully saturated rings. The van der Waals surface area contributed by atoms with Crippen LogP contribution in [0.25, 0.3) is 0 Å². The predicted molar refractivity (Wildman–Crippen MR) is 100 cm³/mol. The molecular formula is C19H25N3O2S. The number of hydrogen-bond donors (Lipinski definition) is 2. The lowest BCUT2D eigenvalue weighted by Crippen LogP contribution is -2.46. The maximum absolute atomic E-state index is 12.9. The highest BCUT2D eigenvalue weighted by Crippen LogP contribution is 2.28. The largest absolute Gasteiger partial charge is 0.322 e. The molecule has 1 aliphatic heterocycles. The van der Waals surface area contributed by atoms with E-state index >= 15 is 0 Å². The fourth-order valence-electron chi connectivity index (χ4n) is 3.22. The number of nitrogens with zero attached hydrogens (tertiary/aromatic N) is 1. The van der Waals surface area contributed by atoms with Gasteiger partial charge in [0.1, 0.15) is 0 Å². The lowest BCUT2D eigenvalue weighted by molar-refractivity contribution is 0.335. The molecule has 5 nitrogen and oxygen atoms in total. The maximum Gasteiger partial charge on any atom is 0.280 e. The average Bonchev–Trinajstić information content (AvgIpc) is 2.68. The van der Waals surface area contributed by atoms with Gasteiger partial charge in [-0.15, -0.1) is 0 Å². The topological polar surface area (TPSA) is 75.4 Å². The summed E-state index contributed by atoms with van der Waals surface area (Å²) in [5.41, 5.74) is 8.22. The quantitative estimate of drug-likeness (QED) is 0.833. The van der Waals surface area contributed by atoms with Crippen molar-refractivity contribution < 1.29 is 8.42 Å². The van der Waals surface area contributed by atoms with E-state index in [0.717, 1.165) is 30.4 Å². The standard InChI is InChI=1S/C19H25N3O2S/c20-18(16-10-4-1-5-11-16)19(17-12-6-2-7-13-17)21-25(23,24)22-14-8-3-9-15-22/h1-2,4-7,10-13,18-19,21H,3,8-9,14-15,20H2/t18-,19+/m1/s1. The normalized spacial score (nSPS) is 18.6. The molecule has 0 spiro atoms. The van der Waals surface area contributed by atoms with E-state index in [1.165, 1.54) is 4.31 Å². The Labute approximate surface area is 150 Å². The summed E-state index contributed by atoms with van der Waals surface area (Å²) in [5, 5.41) is 0. The van der Waals surface area contributed by atoms with Gasteiger partial charge in [-0.3, -0.25) is 0 Å². The second-order valence-electron chi connectivity index (χ2n) is 6.41. The lowest BCUT2D eigenvalue weighted by Gasteiger charge is -2.31. The van der Waals surface area contributed by atoms with Crippen LogP contribution in [-0.4, -0.2) is 25.8 Å². The molecule has 3 N–H and O–H groups in total. The molecule has 0 aliphatic carbocycles. The van der Waals surface area contributed by atoms with Crippen LogP contribution in [0.4, 0.5) is 0 Å². The van der Waals surface area contributed by atoms with E-state index < -0.39 is 22.3 Å². The van der Waals surface area contributed by atoms with Gasteiger partial charge in [-0.2, -0.15) is 17.4 Å². The van der Waals surface area contributed by atoms with Crippen LogP contribution < -0.4 is 10.5 Å². The van der Waals surface area contributed by atoms with Crippen LogP contribution in [0.15, 0.2) is 60.7 Å². The minimum Gasteiger partial charge on any atom is -0.322 e. The molecule has 3 rings (SSSR count). The van der Waals surface area contributed by atoms with Crippen LogP contribution in [-0.2, 0) is 10.2 Å². The van der Waals surface area contributed by atoms with Gasteiger partial charge in [-0.05, 0) is 24.0 Å². The molecule has 2 aromatic rings. The molecule has 0 radical (unpaired) electrons. The van der Waals surface area contributed by atoms with Gasteiger partial charge in [-0.1, -0.05) is 67.1 Å². The van der Waals surface area contributed by atoms with Gasteiger partial charge in [0.2, 0.25) is 0 Å². The first-order valence-electron chi connectivity index (χ1n) is 8.71. The van der Waals surface area contributed by atoms with Gasteiger partial charge >= 0.3 is 0 Å². The number of nitrogens with one attached hydrogen (secondary N) is 1. The van der Waals surface area contributed by atoms with Crippen molar-refractivity contribution in [3.05, 3.63) is 71.8 Å². The zero-order chi connectivity index (χ0) is 17.7. The lowest BCUT2D eigenvalue weighted by atomic mass is 9.95. The molecule has 2 atom stereocenters. The van der Waals surface area contributed by atoms with Crippen LogP contribution >= 0.6 is 0 Å². The first-order valence-corrected chi connectivity index (χ1v) is 10.1. The number of benzene rings is 2. The Morgan fingerprint density at radius 2 is 1.36 bits per heavy atom. The Morgan fingerprint density at radius 1 is 0.840 bits per heavy atom. The van der Waals surface area contributed by atoms with E-state index in [9.17, 15) is 8.42 Å². The summed E-state index contributed by atoms with van der Waals surface area (Å²) in [6.45, 7) is 1.13. The van der Waals surface area contributed by atoms with Crippen molar-refractivity contribution in [2.75, 3.05) is 13.1 Å². The van der Waals surface area contributed by atoms with E-state index in [-0.39, 0.29) is 0 Å². The molecule has 0 amide bonds. The minimum absolute atomic E-state index is 0.469. The van der Waals surface area contributed by atoms with Gasteiger partial charge in [0.25, 0.3) is 10.2 Å². The number of nitrogens with two attached hydrogens (primary N) is 1. The molecule has 0 saturated carbocycles. The van der Waals surface area contributed by atoms with Crippen molar-refractivity contribution in [1.82, 2.24) is 9.03 Å². The minimum atomic E-state index is -3.58. The zero-order valence-corrected chi connectivity index (χ0v) is 15.0. The number of rotatable bonds is 6. The highest BCUT2D eigenvalue weighted by atomic mass is 32.2. The summed E-state index contributed by atoms with van der Waals surface area (Å²) in [7, 11) is -3.58. The molecule has 0 aromatic heterocycles. The molecule has 134 valence electrons. The van der Waals surface area contributed by atoms with Crippen LogP contribution in [0.2, 0.25) is 0 Å². The van der Waals surface area contributed by atoms with Gasteiger partial charge in [0.05, 0.1) is 12.1 Å². The second kappa shape index (κ2) is 8.10. The summed E-state index contributed by atoms with van der Waals surface area (Å²) in [6, 6.07) is 18.1. The molecule has 1 saturated heterocycles. The third-order valence-electron chi connectivity index (χ3n) is 4.63. The smallest absolute Gasteiger partial charge is 0.280 e. The van der Waals surface area contributed by atoms with E-state index in [0.29, 0.717) is 13.1 Å². The Balaban J connectivity index is 1.89. The monoisotopic (exact) mass is 359 g/mol.